The van der Waals surface area contributed by atoms with Gasteiger partial charge in [-0.2, -0.15) is 0 Å². The molecule has 2 heterocycles. The van der Waals surface area contributed by atoms with Crippen molar-refractivity contribution in [3.05, 3.63) is 342 Å². The molecule has 11 aromatic carbocycles. The van der Waals surface area contributed by atoms with Crippen LogP contribution in [0.4, 0.5) is 34.1 Å². The van der Waals surface area contributed by atoms with Crippen molar-refractivity contribution >= 4 is 57.2 Å². The molecule has 3 heteroatoms. The summed E-state index contributed by atoms with van der Waals surface area (Å²) in [5.74, 6) is 0. The van der Waals surface area contributed by atoms with Gasteiger partial charge in [0.25, 0.3) is 6.71 Å². The van der Waals surface area contributed by atoms with Crippen LogP contribution in [0.5, 0.6) is 0 Å². The minimum Gasteiger partial charge on any atom is -0.311 e. The standard InChI is InChI=1S/C68H49BN2/c1-7-28-50(29-8-1)67(51-30-9-2-10-31-51,52-32-11-3-12-33-52)56-40-19-23-44-60(56)70-62-46-25-21-42-58(62)69-59-43-22-26-47-63(59)71(65-49-27-48-64(70)66(65)69)61-45-24-20-41-57(61)68(53-34-13-4-14-35-53,54-36-15-5-16-37-54)55-38-17-6-18-39-55/h1-49H. The van der Waals surface area contributed by atoms with Crippen LogP contribution in [0.1, 0.15) is 44.5 Å². The molecule has 0 saturated heterocycles. The number of hydrogen-bond donors (Lipinski definition) is 0. The first-order chi connectivity index (χ1) is 35.3. The molecule has 2 aliphatic rings. The monoisotopic (exact) mass is 904 g/mol. The molecule has 334 valence electrons. The van der Waals surface area contributed by atoms with Gasteiger partial charge in [-0.25, -0.2) is 0 Å². The summed E-state index contributed by atoms with van der Waals surface area (Å²) in [6.45, 7) is -0.0234. The fourth-order valence-corrected chi connectivity index (χ4v) is 12.4. The second-order valence-electron chi connectivity index (χ2n) is 18.7. The molecule has 0 aromatic heterocycles. The smallest absolute Gasteiger partial charge is 0.252 e. The summed E-state index contributed by atoms with van der Waals surface area (Å²) in [7, 11) is 0. The van der Waals surface area contributed by atoms with Crippen LogP contribution in [0.3, 0.4) is 0 Å². The summed E-state index contributed by atoms with van der Waals surface area (Å²) in [6.07, 6.45) is 0. The maximum Gasteiger partial charge on any atom is 0.252 e. The van der Waals surface area contributed by atoms with E-state index in [0.717, 1.165) is 11.4 Å². The summed E-state index contributed by atoms with van der Waals surface area (Å²) in [5.41, 5.74) is 19.1. The Morgan fingerprint density at radius 2 is 0.451 bits per heavy atom. The van der Waals surface area contributed by atoms with E-state index >= 15 is 0 Å². The van der Waals surface area contributed by atoms with Crippen LogP contribution in [-0.4, -0.2) is 6.71 Å². The molecule has 2 aliphatic heterocycles. The lowest BCUT2D eigenvalue weighted by Gasteiger charge is -2.47. The highest BCUT2D eigenvalue weighted by Crippen LogP contribution is 2.54. The van der Waals surface area contributed by atoms with E-state index in [1.807, 2.05) is 0 Å². The lowest BCUT2D eigenvalue weighted by Crippen LogP contribution is -2.61. The van der Waals surface area contributed by atoms with Crippen LogP contribution in [-0.2, 0) is 10.8 Å². The molecule has 0 amide bonds. The lowest BCUT2D eigenvalue weighted by molar-refractivity contribution is 0.744. The van der Waals surface area contributed by atoms with E-state index in [-0.39, 0.29) is 6.71 Å². The summed E-state index contributed by atoms with van der Waals surface area (Å²) in [6, 6.07) is 110. The quantitative estimate of drug-likeness (QED) is 0.0997. The Kier molecular flexibility index (Phi) is 10.4. The zero-order valence-electron chi connectivity index (χ0n) is 39.3. The number of anilines is 6. The van der Waals surface area contributed by atoms with Crippen molar-refractivity contribution in [2.75, 3.05) is 9.80 Å². The van der Waals surface area contributed by atoms with Gasteiger partial charge in [0, 0.05) is 22.7 Å². The van der Waals surface area contributed by atoms with Crippen LogP contribution < -0.4 is 26.2 Å². The van der Waals surface area contributed by atoms with Crippen molar-refractivity contribution in [2.24, 2.45) is 0 Å². The molecule has 11 aromatic rings. The van der Waals surface area contributed by atoms with E-state index in [2.05, 4.69) is 307 Å². The average molecular weight is 905 g/mol. The van der Waals surface area contributed by atoms with Gasteiger partial charge < -0.3 is 9.80 Å². The molecule has 2 nitrogen and oxygen atoms in total. The van der Waals surface area contributed by atoms with Gasteiger partial charge in [-0.05, 0) is 97.3 Å². The minimum absolute atomic E-state index is 0.0234. The van der Waals surface area contributed by atoms with Crippen molar-refractivity contribution in [2.45, 2.75) is 10.8 Å². The molecule has 0 spiro atoms. The third-order valence-corrected chi connectivity index (χ3v) is 15.1. The predicted octanol–water partition coefficient (Wildman–Crippen LogP) is 14.5. The first-order valence-corrected chi connectivity index (χ1v) is 24.7. The largest absolute Gasteiger partial charge is 0.311 e. The summed E-state index contributed by atoms with van der Waals surface area (Å²) in [5, 5.41) is 0. The molecule has 0 radical (unpaired) electrons. The van der Waals surface area contributed by atoms with Crippen LogP contribution in [0.25, 0.3) is 0 Å². The van der Waals surface area contributed by atoms with E-state index in [1.165, 1.54) is 83.6 Å². The number of nitrogens with zero attached hydrogens (tertiary/aromatic N) is 2. The van der Waals surface area contributed by atoms with Crippen LogP contribution >= 0.6 is 0 Å². The van der Waals surface area contributed by atoms with Gasteiger partial charge in [0.15, 0.2) is 0 Å². The summed E-state index contributed by atoms with van der Waals surface area (Å²) >= 11 is 0. The van der Waals surface area contributed by atoms with Gasteiger partial charge in [-0.1, -0.05) is 261 Å². The van der Waals surface area contributed by atoms with Crippen LogP contribution in [0, 0.1) is 0 Å². The fraction of sp³-hybridized carbons (Fsp3) is 0.0294. The zero-order chi connectivity index (χ0) is 47.2. The van der Waals surface area contributed by atoms with Crippen LogP contribution in [0.2, 0.25) is 0 Å². The third kappa shape index (κ3) is 6.50. The van der Waals surface area contributed by atoms with E-state index in [4.69, 9.17) is 0 Å². The van der Waals surface area contributed by atoms with Crippen molar-refractivity contribution in [1.29, 1.82) is 0 Å². The summed E-state index contributed by atoms with van der Waals surface area (Å²) < 4.78 is 0. The molecule has 0 aliphatic carbocycles. The summed E-state index contributed by atoms with van der Waals surface area (Å²) in [4.78, 5) is 5.15. The minimum atomic E-state index is -0.672. The molecular formula is C68H49BN2. The maximum atomic E-state index is 2.57. The Hall–Kier alpha value is -8.92. The lowest BCUT2D eigenvalue weighted by atomic mass is 9.33. The topological polar surface area (TPSA) is 6.48 Å². The Morgan fingerprint density at radius 1 is 0.211 bits per heavy atom. The molecule has 0 atom stereocenters. The molecule has 0 saturated carbocycles. The second-order valence-corrected chi connectivity index (χ2v) is 18.7. The average Bonchev–Trinajstić information content (AvgIpc) is 3.46. The van der Waals surface area contributed by atoms with Crippen molar-refractivity contribution in [3.63, 3.8) is 0 Å². The van der Waals surface area contributed by atoms with Crippen molar-refractivity contribution in [1.82, 2.24) is 0 Å². The fourth-order valence-electron chi connectivity index (χ4n) is 12.4. The Morgan fingerprint density at radius 3 is 0.761 bits per heavy atom. The Bertz CT molecular complexity index is 3220. The first-order valence-electron chi connectivity index (χ1n) is 24.7. The normalized spacial score (nSPS) is 12.7. The van der Waals surface area contributed by atoms with Crippen LogP contribution in [0.15, 0.2) is 297 Å². The van der Waals surface area contributed by atoms with Crippen molar-refractivity contribution < 1.29 is 0 Å². The Balaban J connectivity index is 1.11. The molecule has 71 heavy (non-hydrogen) atoms. The molecule has 0 N–H and O–H groups in total. The number of rotatable bonds is 10. The second kappa shape index (κ2) is 17.6. The predicted molar refractivity (Wildman–Crippen MR) is 297 cm³/mol. The van der Waals surface area contributed by atoms with E-state index in [9.17, 15) is 0 Å². The first kappa shape index (κ1) is 42.2. The number of benzene rings is 11. The molecule has 0 unspecified atom stereocenters. The zero-order valence-corrected chi connectivity index (χ0v) is 39.3. The molecule has 0 bridgehead atoms. The van der Waals surface area contributed by atoms with E-state index in [1.54, 1.807) is 0 Å². The molecular weight excluding hydrogens is 856 g/mol. The van der Waals surface area contributed by atoms with Gasteiger partial charge in [-0.3, -0.25) is 0 Å². The highest BCUT2D eigenvalue weighted by molar-refractivity contribution is 7.00. The van der Waals surface area contributed by atoms with Gasteiger partial charge in [0.1, 0.15) is 0 Å². The number of hydrogen-bond acceptors (Lipinski definition) is 2. The molecule has 0 fully saturated rings. The highest BCUT2D eigenvalue weighted by atomic mass is 15.2. The van der Waals surface area contributed by atoms with Gasteiger partial charge in [0.05, 0.1) is 22.2 Å². The number of fused-ring (bicyclic) bond motifs is 4. The van der Waals surface area contributed by atoms with Gasteiger partial charge in [0.2, 0.25) is 0 Å². The highest BCUT2D eigenvalue weighted by Gasteiger charge is 2.48. The molecule has 13 rings (SSSR count). The van der Waals surface area contributed by atoms with Crippen molar-refractivity contribution in [3.8, 4) is 0 Å². The SMILES string of the molecule is c1ccc(C(c2ccccc2)(c2ccccc2)c2ccccc2N2c3ccccc3B3c4ccccc4N(c4ccccc4C(c4ccccc4)(c4ccccc4)c4ccccc4)c4cccc2c43)cc1. The van der Waals surface area contributed by atoms with Gasteiger partial charge in [-0.15, -0.1) is 0 Å². The van der Waals surface area contributed by atoms with E-state index in [0.29, 0.717) is 0 Å². The van der Waals surface area contributed by atoms with Gasteiger partial charge >= 0.3 is 0 Å². The number of para-hydroxylation sites is 4. The third-order valence-electron chi connectivity index (χ3n) is 15.1. The van der Waals surface area contributed by atoms with E-state index < -0.39 is 10.8 Å². The Labute approximate surface area is 417 Å². The maximum absolute atomic E-state index is 2.57.